The van der Waals surface area contributed by atoms with Crippen molar-refractivity contribution in [3.8, 4) is 0 Å². The number of amides is 3. The van der Waals surface area contributed by atoms with E-state index in [4.69, 9.17) is 4.74 Å². The quantitative estimate of drug-likeness (QED) is 0.377. The first-order valence-electron chi connectivity index (χ1n) is 13.6. The van der Waals surface area contributed by atoms with E-state index in [1.54, 1.807) is 20.8 Å². The van der Waals surface area contributed by atoms with Gasteiger partial charge in [0.05, 0.1) is 7.11 Å². The second-order valence-corrected chi connectivity index (χ2v) is 10.9. The summed E-state index contributed by atoms with van der Waals surface area (Å²) in [5, 5.41) is 5.37. The fraction of sp³-hybridized carbons (Fsp3) is 0.484. The number of unbranched alkanes of at least 4 members (excludes halogenated alkanes) is 1. The lowest BCUT2D eigenvalue weighted by molar-refractivity contribution is -0.144. The molecule has 9 heteroatoms. The first-order chi connectivity index (χ1) is 18.8. The molecule has 2 aromatic carbocycles. The summed E-state index contributed by atoms with van der Waals surface area (Å²) in [6, 6.07) is 13.0. The van der Waals surface area contributed by atoms with E-state index in [-0.39, 0.29) is 19.5 Å². The third-order valence-corrected chi connectivity index (χ3v) is 6.06. The SMILES string of the molecule is CCCCN(C(=O)C(Cc1ccccc1)NC(=O)OC(C)(C)C)C(C(=O)NCC(=O)OC)c1cc(C)cc(C)c1. The molecule has 0 spiro atoms. The molecule has 0 bridgehead atoms. The summed E-state index contributed by atoms with van der Waals surface area (Å²) in [6.07, 6.45) is 0.873. The van der Waals surface area contributed by atoms with E-state index < -0.39 is 41.6 Å². The Bertz CT molecular complexity index is 1140. The van der Waals surface area contributed by atoms with Crippen LogP contribution in [0.15, 0.2) is 48.5 Å². The van der Waals surface area contributed by atoms with Gasteiger partial charge in [-0.05, 0) is 52.2 Å². The minimum absolute atomic E-state index is 0.199. The number of carbonyl (C=O) groups excluding carboxylic acids is 4. The van der Waals surface area contributed by atoms with Gasteiger partial charge < -0.3 is 25.0 Å². The molecule has 0 aliphatic rings. The van der Waals surface area contributed by atoms with Crippen LogP contribution in [0.4, 0.5) is 4.79 Å². The molecule has 0 aliphatic heterocycles. The van der Waals surface area contributed by atoms with Crippen LogP contribution in [0.3, 0.4) is 0 Å². The van der Waals surface area contributed by atoms with E-state index in [9.17, 15) is 19.2 Å². The van der Waals surface area contributed by atoms with Gasteiger partial charge in [-0.1, -0.05) is 73.0 Å². The van der Waals surface area contributed by atoms with Crippen molar-refractivity contribution in [3.05, 3.63) is 70.8 Å². The molecule has 0 saturated carbocycles. The average molecular weight is 554 g/mol. The van der Waals surface area contributed by atoms with Gasteiger partial charge >= 0.3 is 12.1 Å². The molecule has 3 amide bonds. The first-order valence-corrected chi connectivity index (χ1v) is 13.6. The van der Waals surface area contributed by atoms with Crippen LogP contribution in [0, 0.1) is 13.8 Å². The van der Waals surface area contributed by atoms with E-state index in [1.165, 1.54) is 12.0 Å². The monoisotopic (exact) mass is 553 g/mol. The number of nitrogens with zero attached hydrogens (tertiary/aromatic N) is 1. The number of carbonyl (C=O) groups is 4. The van der Waals surface area contributed by atoms with E-state index in [2.05, 4.69) is 15.4 Å². The maximum Gasteiger partial charge on any atom is 0.408 e. The van der Waals surface area contributed by atoms with Gasteiger partial charge in [0.25, 0.3) is 0 Å². The maximum atomic E-state index is 14.3. The fourth-order valence-corrected chi connectivity index (χ4v) is 4.36. The van der Waals surface area contributed by atoms with Crippen molar-refractivity contribution in [1.29, 1.82) is 0 Å². The van der Waals surface area contributed by atoms with Crippen LogP contribution >= 0.6 is 0 Å². The second kappa shape index (κ2) is 15.1. The minimum Gasteiger partial charge on any atom is -0.468 e. The predicted molar refractivity (Wildman–Crippen MR) is 154 cm³/mol. The smallest absolute Gasteiger partial charge is 0.408 e. The van der Waals surface area contributed by atoms with Crippen LogP contribution < -0.4 is 10.6 Å². The Morgan fingerprint density at radius 1 is 0.975 bits per heavy atom. The molecule has 0 saturated heterocycles. The van der Waals surface area contributed by atoms with E-state index >= 15 is 0 Å². The summed E-state index contributed by atoms with van der Waals surface area (Å²) < 4.78 is 10.2. The lowest BCUT2D eigenvalue weighted by Crippen LogP contribution is -2.54. The minimum atomic E-state index is -1.04. The Morgan fingerprint density at radius 2 is 1.60 bits per heavy atom. The molecule has 218 valence electrons. The topological polar surface area (TPSA) is 114 Å². The van der Waals surface area contributed by atoms with Crippen molar-refractivity contribution < 1.29 is 28.7 Å². The number of esters is 1. The van der Waals surface area contributed by atoms with E-state index in [0.29, 0.717) is 12.0 Å². The third kappa shape index (κ3) is 10.4. The van der Waals surface area contributed by atoms with Crippen LogP contribution in [0.25, 0.3) is 0 Å². The number of aryl methyl sites for hydroxylation is 2. The Balaban J connectivity index is 2.57. The molecule has 2 N–H and O–H groups in total. The number of methoxy groups -OCH3 is 1. The molecule has 0 heterocycles. The van der Waals surface area contributed by atoms with Crippen molar-refractivity contribution in [2.75, 3.05) is 20.2 Å². The highest BCUT2D eigenvalue weighted by Crippen LogP contribution is 2.26. The molecule has 2 aromatic rings. The zero-order chi connectivity index (χ0) is 29.9. The van der Waals surface area contributed by atoms with Crippen molar-refractivity contribution in [1.82, 2.24) is 15.5 Å². The summed E-state index contributed by atoms with van der Waals surface area (Å²) in [7, 11) is 1.24. The number of benzene rings is 2. The summed E-state index contributed by atoms with van der Waals surface area (Å²) in [5.41, 5.74) is 2.54. The number of hydrogen-bond donors (Lipinski definition) is 2. The van der Waals surface area contributed by atoms with Gasteiger partial charge in [0.1, 0.15) is 24.2 Å². The lowest BCUT2D eigenvalue weighted by Gasteiger charge is -2.35. The van der Waals surface area contributed by atoms with Gasteiger partial charge in [-0.2, -0.15) is 0 Å². The molecular weight excluding hydrogens is 510 g/mol. The Morgan fingerprint density at radius 3 is 2.15 bits per heavy atom. The summed E-state index contributed by atoms with van der Waals surface area (Å²) >= 11 is 0. The summed E-state index contributed by atoms with van der Waals surface area (Å²) in [4.78, 5) is 54.1. The average Bonchev–Trinajstić information content (AvgIpc) is 2.87. The van der Waals surface area contributed by atoms with Crippen LogP contribution in [-0.4, -0.2) is 60.6 Å². The van der Waals surface area contributed by atoms with Gasteiger partial charge in [-0.3, -0.25) is 14.4 Å². The van der Waals surface area contributed by atoms with Crippen molar-refractivity contribution in [3.63, 3.8) is 0 Å². The molecule has 40 heavy (non-hydrogen) atoms. The molecule has 2 atom stereocenters. The molecule has 9 nitrogen and oxygen atoms in total. The fourth-order valence-electron chi connectivity index (χ4n) is 4.36. The van der Waals surface area contributed by atoms with Crippen molar-refractivity contribution in [2.24, 2.45) is 0 Å². The number of nitrogens with one attached hydrogen (secondary N) is 2. The summed E-state index contributed by atoms with van der Waals surface area (Å²) in [5.74, 6) is -1.55. The van der Waals surface area contributed by atoms with Gasteiger partial charge in [0.15, 0.2) is 0 Å². The van der Waals surface area contributed by atoms with Crippen LogP contribution in [0.2, 0.25) is 0 Å². The van der Waals surface area contributed by atoms with Gasteiger partial charge in [-0.25, -0.2) is 4.79 Å². The Kier molecular flexibility index (Phi) is 12.2. The zero-order valence-corrected chi connectivity index (χ0v) is 24.7. The second-order valence-electron chi connectivity index (χ2n) is 10.9. The first kappa shape index (κ1) is 32.3. The predicted octanol–water partition coefficient (Wildman–Crippen LogP) is 4.40. The van der Waals surface area contributed by atoms with Crippen LogP contribution in [0.5, 0.6) is 0 Å². The van der Waals surface area contributed by atoms with Crippen molar-refractivity contribution >= 4 is 23.9 Å². The number of rotatable bonds is 12. The third-order valence-electron chi connectivity index (χ3n) is 6.06. The molecule has 0 fully saturated rings. The number of hydrogen-bond acceptors (Lipinski definition) is 6. The van der Waals surface area contributed by atoms with E-state index in [0.717, 1.165) is 23.1 Å². The maximum absolute atomic E-state index is 14.3. The molecule has 2 rings (SSSR count). The lowest BCUT2D eigenvalue weighted by atomic mass is 9.97. The number of ether oxygens (including phenoxy) is 2. The summed E-state index contributed by atoms with van der Waals surface area (Å²) in [6.45, 7) is 11.0. The molecule has 0 aliphatic carbocycles. The highest BCUT2D eigenvalue weighted by Gasteiger charge is 2.36. The van der Waals surface area contributed by atoms with Crippen LogP contribution in [-0.2, 0) is 30.3 Å². The van der Waals surface area contributed by atoms with Gasteiger partial charge in [0.2, 0.25) is 11.8 Å². The zero-order valence-electron chi connectivity index (χ0n) is 24.7. The normalized spacial score (nSPS) is 12.6. The largest absolute Gasteiger partial charge is 0.468 e. The van der Waals surface area contributed by atoms with Crippen molar-refractivity contribution in [2.45, 2.75) is 78.5 Å². The number of alkyl carbamates (subject to hydrolysis) is 1. The molecular formula is C31H43N3O6. The highest BCUT2D eigenvalue weighted by atomic mass is 16.6. The molecule has 0 radical (unpaired) electrons. The van der Waals surface area contributed by atoms with Gasteiger partial charge in [0, 0.05) is 13.0 Å². The van der Waals surface area contributed by atoms with E-state index in [1.807, 2.05) is 69.3 Å². The molecule has 0 aromatic heterocycles. The standard InChI is InChI=1S/C31H43N3O6/c1-8-9-15-34(27(28(36)32-20-26(35)39-7)24-17-21(2)16-22(3)18-24)29(37)25(19-23-13-11-10-12-14-23)33-30(38)40-31(4,5)6/h10-14,16-18,25,27H,8-9,15,19-20H2,1-7H3,(H,32,36)(H,33,38). The highest BCUT2D eigenvalue weighted by molar-refractivity contribution is 5.93. The van der Waals surface area contributed by atoms with Crippen LogP contribution in [0.1, 0.15) is 68.8 Å². The Labute approximate surface area is 237 Å². The van der Waals surface area contributed by atoms with Gasteiger partial charge in [-0.15, -0.1) is 0 Å². The Hall–Kier alpha value is -3.88. The molecule has 2 unspecified atom stereocenters.